The van der Waals surface area contributed by atoms with Crippen molar-refractivity contribution < 1.29 is 9.59 Å². The van der Waals surface area contributed by atoms with Gasteiger partial charge in [0.1, 0.15) is 0 Å². The molecule has 2 atom stereocenters. The van der Waals surface area contributed by atoms with E-state index in [9.17, 15) is 9.59 Å². The van der Waals surface area contributed by atoms with Crippen molar-refractivity contribution in [2.45, 2.75) is 38.6 Å². The molecule has 2 heterocycles. The molecule has 2 aliphatic heterocycles. The number of nitrogens with one attached hydrogen (secondary N) is 3. The predicted molar refractivity (Wildman–Crippen MR) is 114 cm³/mol. The number of carbonyl (C=O) groups is 2. The van der Waals surface area contributed by atoms with E-state index in [1.165, 1.54) is 12.8 Å². The molecule has 152 valence electrons. The summed E-state index contributed by atoms with van der Waals surface area (Å²) in [6, 6.07) is 7.82. The lowest BCUT2D eigenvalue weighted by Crippen LogP contribution is -2.39. The van der Waals surface area contributed by atoms with Gasteiger partial charge in [-0.15, -0.1) is 24.8 Å². The van der Waals surface area contributed by atoms with Crippen LogP contribution in [0, 0.1) is 5.92 Å². The summed E-state index contributed by atoms with van der Waals surface area (Å²) in [4.78, 5) is 26.7. The van der Waals surface area contributed by atoms with Gasteiger partial charge in [-0.3, -0.25) is 9.59 Å². The molecule has 3 N–H and O–H groups in total. The summed E-state index contributed by atoms with van der Waals surface area (Å²) in [6.45, 7) is 5.65. The van der Waals surface area contributed by atoms with Crippen molar-refractivity contribution >= 4 is 48.0 Å². The first-order chi connectivity index (χ1) is 12.1. The highest BCUT2D eigenvalue weighted by Gasteiger charge is 2.24. The molecule has 0 spiro atoms. The van der Waals surface area contributed by atoms with Gasteiger partial charge in [-0.05, 0) is 50.9 Å². The van der Waals surface area contributed by atoms with Crippen LogP contribution in [0.2, 0.25) is 0 Å². The van der Waals surface area contributed by atoms with E-state index in [2.05, 4.69) is 26.9 Å². The summed E-state index contributed by atoms with van der Waals surface area (Å²) in [6.07, 6.45) is 3.60. The monoisotopic (exact) mass is 416 g/mol. The normalized spacial score (nSPS) is 19.6. The van der Waals surface area contributed by atoms with Crippen LogP contribution in [0.3, 0.4) is 0 Å². The van der Waals surface area contributed by atoms with Gasteiger partial charge in [0, 0.05) is 43.5 Å². The number of hydrogen-bond acceptors (Lipinski definition) is 4. The highest BCUT2D eigenvalue weighted by molar-refractivity contribution is 5.92. The van der Waals surface area contributed by atoms with Gasteiger partial charge >= 0.3 is 0 Å². The summed E-state index contributed by atoms with van der Waals surface area (Å²) < 4.78 is 0. The highest BCUT2D eigenvalue weighted by atomic mass is 35.5. The van der Waals surface area contributed by atoms with Crippen molar-refractivity contribution in [3.05, 3.63) is 24.3 Å². The van der Waals surface area contributed by atoms with Crippen molar-refractivity contribution in [3.8, 4) is 0 Å². The van der Waals surface area contributed by atoms with Gasteiger partial charge in [-0.25, -0.2) is 0 Å². The Bertz CT molecular complexity index is 617. The lowest BCUT2D eigenvalue weighted by Gasteiger charge is -2.19. The second-order valence-electron chi connectivity index (χ2n) is 7.10. The molecule has 3 rings (SSSR count). The Morgan fingerprint density at radius 1 is 1.26 bits per heavy atom. The molecule has 2 saturated heterocycles. The zero-order valence-electron chi connectivity index (χ0n) is 15.7. The van der Waals surface area contributed by atoms with Gasteiger partial charge in [0.15, 0.2) is 0 Å². The minimum atomic E-state index is -0.171. The number of hydrogen-bond donors (Lipinski definition) is 3. The number of amides is 2. The Kier molecular flexibility index (Phi) is 9.91. The van der Waals surface area contributed by atoms with Crippen LogP contribution in [0.25, 0.3) is 0 Å². The molecule has 2 amide bonds. The molecule has 1 aromatic rings. The molecule has 2 unspecified atom stereocenters. The van der Waals surface area contributed by atoms with E-state index in [4.69, 9.17) is 0 Å². The molecular weight excluding hydrogens is 387 g/mol. The second kappa shape index (κ2) is 11.4. The lowest BCUT2D eigenvalue weighted by molar-refractivity contribution is -0.125. The molecule has 8 heteroatoms. The average molecular weight is 417 g/mol. The van der Waals surface area contributed by atoms with Crippen LogP contribution < -0.4 is 20.9 Å². The third-order valence-electron chi connectivity index (χ3n) is 4.91. The first kappa shape index (κ1) is 23.5. The number of benzene rings is 1. The summed E-state index contributed by atoms with van der Waals surface area (Å²) >= 11 is 0. The molecule has 0 aromatic heterocycles. The quantitative estimate of drug-likeness (QED) is 0.665. The Morgan fingerprint density at radius 3 is 2.67 bits per heavy atom. The summed E-state index contributed by atoms with van der Waals surface area (Å²) in [7, 11) is 0. The van der Waals surface area contributed by atoms with Crippen LogP contribution in [0.1, 0.15) is 32.6 Å². The minimum Gasteiger partial charge on any atom is -0.371 e. The van der Waals surface area contributed by atoms with Crippen LogP contribution >= 0.6 is 24.8 Å². The van der Waals surface area contributed by atoms with Gasteiger partial charge in [0.25, 0.3) is 0 Å². The zero-order valence-corrected chi connectivity index (χ0v) is 17.3. The van der Waals surface area contributed by atoms with E-state index in [0.717, 1.165) is 44.0 Å². The molecule has 0 aliphatic carbocycles. The Balaban J connectivity index is 0.00000182. The number of carbonyl (C=O) groups excluding carboxylic acids is 2. The van der Waals surface area contributed by atoms with Gasteiger partial charge in [0.05, 0.1) is 5.92 Å². The van der Waals surface area contributed by atoms with Crippen molar-refractivity contribution in [1.29, 1.82) is 0 Å². The smallest absolute Gasteiger partial charge is 0.226 e. The summed E-state index contributed by atoms with van der Waals surface area (Å²) in [5.41, 5.74) is 1.97. The Hall–Kier alpha value is -1.50. The Labute approximate surface area is 173 Å². The van der Waals surface area contributed by atoms with Crippen molar-refractivity contribution in [3.63, 3.8) is 0 Å². The molecule has 2 fully saturated rings. The topological polar surface area (TPSA) is 73.5 Å². The fourth-order valence-electron chi connectivity index (χ4n) is 3.54. The molecule has 6 nitrogen and oxygen atoms in total. The fraction of sp³-hybridized carbons (Fsp3) is 0.579. The number of rotatable bonds is 6. The van der Waals surface area contributed by atoms with Gasteiger partial charge in [-0.2, -0.15) is 0 Å². The Morgan fingerprint density at radius 2 is 2.00 bits per heavy atom. The summed E-state index contributed by atoms with van der Waals surface area (Å²) in [5, 5.41) is 9.08. The molecule has 27 heavy (non-hydrogen) atoms. The molecule has 1 aromatic carbocycles. The maximum absolute atomic E-state index is 12.3. The van der Waals surface area contributed by atoms with Crippen molar-refractivity contribution in [2.24, 2.45) is 5.92 Å². The standard InChI is InChI=1S/C19H28N4O2.2ClH/c1-14(21-19(25)15-7-8-20-13-15)11-18(24)22-16-5-4-6-17(12-16)23-9-2-3-10-23;;/h4-6,12,14-15,20H,2-3,7-11,13H2,1H3,(H,21,25)(H,22,24);2*1H. The van der Waals surface area contributed by atoms with Gasteiger partial charge in [0.2, 0.25) is 11.8 Å². The highest BCUT2D eigenvalue weighted by Crippen LogP contribution is 2.23. The molecular formula is C19H30Cl2N4O2. The SMILES string of the molecule is CC(CC(=O)Nc1cccc(N2CCCC2)c1)NC(=O)C1CCNC1.Cl.Cl. The molecule has 2 aliphatic rings. The van der Waals surface area contributed by atoms with E-state index >= 15 is 0 Å². The van der Waals surface area contributed by atoms with Crippen LogP contribution in [-0.4, -0.2) is 44.0 Å². The second-order valence-corrected chi connectivity index (χ2v) is 7.10. The average Bonchev–Trinajstić information content (AvgIpc) is 3.28. The van der Waals surface area contributed by atoms with E-state index in [1.807, 2.05) is 25.1 Å². The lowest BCUT2D eigenvalue weighted by atomic mass is 10.1. The van der Waals surface area contributed by atoms with Crippen molar-refractivity contribution in [1.82, 2.24) is 10.6 Å². The third-order valence-corrected chi connectivity index (χ3v) is 4.91. The van der Waals surface area contributed by atoms with E-state index < -0.39 is 0 Å². The van der Waals surface area contributed by atoms with Gasteiger partial charge < -0.3 is 20.9 Å². The molecule has 0 radical (unpaired) electrons. The number of halogens is 2. The predicted octanol–water partition coefficient (Wildman–Crippen LogP) is 2.57. The third kappa shape index (κ3) is 6.87. The number of nitrogens with zero attached hydrogens (tertiary/aromatic N) is 1. The van der Waals surface area contributed by atoms with E-state index in [-0.39, 0.29) is 55.0 Å². The van der Waals surface area contributed by atoms with Crippen molar-refractivity contribution in [2.75, 3.05) is 36.4 Å². The largest absolute Gasteiger partial charge is 0.371 e. The number of anilines is 2. The van der Waals surface area contributed by atoms with Crippen LogP contribution in [0.5, 0.6) is 0 Å². The maximum atomic E-state index is 12.3. The van der Waals surface area contributed by atoms with Crippen LogP contribution in [0.4, 0.5) is 11.4 Å². The van der Waals surface area contributed by atoms with Gasteiger partial charge in [-0.1, -0.05) is 6.07 Å². The first-order valence-electron chi connectivity index (χ1n) is 9.28. The zero-order chi connectivity index (χ0) is 17.6. The van der Waals surface area contributed by atoms with Crippen LogP contribution in [0.15, 0.2) is 24.3 Å². The minimum absolute atomic E-state index is 0. The van der Waals surface area contributed by atoms with E-state index in [0.29, 0.717) is 0 Å². The molecule has 0 bridgehead atoms. The summed E-state index contributed by atoms with van der Waals surface area (Å²) in [5.74, 6) is -0.0000892. The fourth-order valence-corrected chi connectivity index (χ4v) is 3.54. The van der Waals surface area contributed by atoms with E-state index in [1.54, 1.807) is 0 Å². The first-order valence-corrected chi connectivity index (χ1v) is 9.28. The maximum Gasteiger partial charge on any atom is 0.226 e. The molecule has 0 saturated carbocycles. The van der Waals surface area contributed by atoms with Crippen LogP contribution in [-0.2, 0) is 9.59 Å².